The van der Waals surface area contributed by atoms with Crippen molar-refractivity contribution in [3.8, 4) is 17.2 Å². The quantitative estimate of drug-likeness (QED) is 0.176. The molecule has 9 heteroatoms. The number of unbranched alkanes of at least 4 members (excludes halogenated alkanes) is 3. The van der Waals surface area contributed by atoms with Gasteiger partial charge in [0, 0.05) is 37.8 Å². The molecule has 0 aromatic heterocycles. The topological polar surface area (TPSA) is 115 Å². The van der Waals surface area contributed by atoms with E-state index < -0.39 is 0 Å². The number of benzene rings is 1. The molecule has 0 atom stereocenters. The second-order valence-electron chi connectivity index (χ2n) is 7.79. The third-order valence-electron chi connectivity index (χ3n) is 4.83. The number of carbonyl (C=O) groups is 3. The second kappa shape index (κ2) is 19.5. The van der Waals surface area contributed by atoms with Gasteiger partial charge in [-0.25, -0.2) is 0 Å². The van der Waals surface area contributed by atoms with Crippen molar-refractivity contribution in [3.63, 3.8) is 0 Å². The Hall–Kier alpha value is -3.75. The fourth-order valence-electron chi connectivity index (χ4n) is 2.90. The summed E-state index contributed by atoms with van der Waals surface area (Å²) in [6, 6.07) is 5.45. The summed E-state index contributed by atoms with van der Waals surface area (Å²) in [7, 11) is 0. The number of nitrogens with one attached hydrogen (secondary N) is 3. The van der Waals surface area contributed by atoms with Crippen LogP contribution in [0.5, 0.6) is 17.2 Å². The van der Waals surface area contributed by atoms with Crippen LogP contribution in [-0.4, -0.2) is 57.2 Å². The Kier molecular flexibility index (Phi) is 16.4. The van der Waals surface area contributed by atoms with Crippen LogP contribution in [-0.2, 0) is 14.4 Å². The van der Waals surface area contributed by atoms with Crippen LogP contribution >= 0.6 is 0 Å². The molecule has 9 nitrogen and oxygen atoms in total. The van der Waals surface area contributed by atoms with Crippen LogP contribution in [0.2, 0.25) is 0 Å². The Balaban J connectivity index is 2.52. The first-order valence-electron chi connectivity index (χ1n) is 12.2. The van der Waals surface area contributed by atoms with Gasteiger partial charge in [-0.3, -0.25) is 14.4 Å². The zero-order valence-electron chi connectivity index (χ0n) is 21.0. The predicted octanol–water partition coefficient (Wildman–Crippen LogP) is 3.07. The SMILES string of the molecule is C=CC(=O)NCCCCOc1cc(OCCCCNC(=O)C=C)cc(OCCCCNC(=O)C=C)c1. The van der Waals surface area contributed by atoms with Crippen LogP contribution in [0.25, 0.3) is 0 Å². The van der Waals surface area contributed by atoms with E-state index in [1.54, 1.807) is 0 Å². The minimum Gasteiger partial charge on any atom is -0.493 e. The van der Waals surface area contributed by atoms with E-state index in [0.717, 1.165) is 38.5 Å². The molecule has 0 aliphatic rings. The highest BCUT2D eigenvalue weighted by atomic mass is 16.5. The maximum absolute atomic E-state index is 11.2. The summed E-state index contributed by atoms with van der Waals surface area (Å²) in [6.07, 6.45) is 8.40. The fraction of sp³-hybridized carbons (Fsp3) is 0.444. The van der Waals surface area contributed by atoms with Gasteiger partial charge in [-0.15, -0.1) is 0 Å². The first-order chi connectivity index (χ1) is 17.5. The number of rotatable bonds is 21. The van der Waals surface area contributed by atoms with Crippen molar-refractivity contribution in [2.75, 3.05) is 39.5 Å². The summed E-state index contributed by atoms with van der Waals surface area (Å²) < 4.78 is 17.6. The van der Waals surface area contributed by atoms with Crippen LogP contribution in [0.4, 0.5) is 0 Å². The highest BCUT2D eigenvalue weighted by molar-refractivity contribution is 5.87. The molecule has 36 heavy (non-hydrogen) atoms. The van der Waals surface area contributed by atoms with Gasteiger partial charge < -0.3 is 30.2 Å². The highest BCUT2D eigenvalue weighted by Crippen LogP contribution is 2.28. The van der Waals surface area contributed by atoms with E-state index in [-0.39, 0.29) is 17.7 Å². The molecule has 0 saturated heterocycles. The van der Waals surface area contributed by atoms with Crippen molar-refractivity contribution in [1.82, 2.24) is 16.0 Å². The van der Waals surface area contributed by atoms with Crippen molar-refractivity contribution < 1.29 is 28.6 Å². The normalized spacial score (nSPS) is 10.0. The van der Waals surface area contributed by atoms with E-state index >= 15 is 0 Å². The van der Waals surface area contributed by atoms with Crippen molar-refractivity contribution >= 4 is 17.7 Å². The molecule has 0 heterocycles. The van der Waals surface area contributed by atoms with Crippen LogP contribution in [0.15, 0.2) is 56.2 Å². The molecule has 3 N–H and O–H groups in total. The molecule has 0 fully saturated rings. The molecule has 0 saturated carbocycles. The average Bonchev–Trinajstić information content (AvgIpc) is 2.89. The fourth-order valence-corrected chi connectivity index (χ4v) is 2.90. The van der Waals surface area contributed by atoms with Gasteiger partial charge in [-0.1, -0.05) is 19.7 Å². The molecular formula is C27H39N3O6. The van der Waals surface area contributed by atoms with Gasteiger partial charge >= 0.3 is 0 Å². The van der Waals surface area contributed by atoms with E-state index in [2.05, 4.69) is 35.7 Å². The monoisotopic (exact) mass is 501 g/mol. The predicted molar refractivity (Wildman–Crippen MR) is 140 cm³/mol. The van der Waals surface area contributed by atoms with Crippen LogP contribution < -0.4 is 30.2 Å². The number of carbonyl (C=O) groups excluding carboxylic acids is 3. The van der Waals surface area contributed by atoms with E-state index in [4.69, 9.17) is 14.2 Å². The summed E-state index contributed by atoms with van der Waals surface area (Å²) in [5.41, 5.74) is 0. The molecular weight excluding hydrogens is 462 g/mol. The second-order valence-corrected chi connectivity index (χ2v) is 7.79. The summed E-state index contributed by atoms with van der Waals surface area (Å²) in [6.45, 7) is 13.4. The zero-order chi connectivity index (χ0) is 26.4. The lowest BCUT2D eigenvalue weighted by molar-refractivity contribution is -0.117. The van der Waals surface area contributed by atoms with E-state index in [1.807, 2.05) is 18.2 Å². The van der Waals surface area contributed by atoms with Crippen LogP contribution in [0.1, 0.15) is 38.5 Å². The first-order valence-corrected chi connectivity index (χ1v) is 12.2. The molecule has 0 radical (unpaired) electrons. The minimum atomic E-state index is -0.186. The van der Waals surface area contributed by atoms with Crippen molar-refractivity contribution in [2.45, 2.75) is 38.5 Å². The first kappa shape index (κ1) is 30.3. The van der Waals surface area contributed by atoms with Crippen molar-refractivity contribution in [1.29, 1.82) is 0 Å². The molecule has 0 aliphatic carbocycles. The number of amides is 3. The number of hydrogen-bond donors (Lipinski definition) is 3. The van der Waals surface area contributed by atoms with Crippen LogP contribution in [0.3, 0.4) is 0 Å². The van der Waals surface area contributed by atoms with E-state index in [0.29, 0.717) is 56.7 Å². The van der Waals surface area contributed by atoms with Gasteiger partial charge in [0.25, 0.3) is 0 Å². The van der Waals surface area contributed by atoms with Crippen molar-refractivity contribution in [3.05, 3.63) is 56.2 Å². The smallest absolute Gasteiger partial charge is 0.243 e. The average molecular weight is 502 g/mol. The molecule has 1 aromatic rings. The van der Waals surface area contributed by atoms with E-state index in [9.17, 15) is 14.4 Å². The molecule has 1 aromatic carbocycles. The Morgan fingerprint density at radius 2 is 0.833 bits per heavy atom. The van der Waals surface area contributed by atoms with Gasteiger partial charge in [-0.05, 0) is 56.8 Å². The maximum Gasteiger partial charge on any atom is 0.243 e. The highest BCUT2D eigenvalue weighted by Gasteiger charge is 2.06. The summed E-state index contributed by atoms with van der Waals surface area (Å²) in [5, 5.41) is 8.20. The molecule has 0 bridgehead atoms. The Labute approximate surface area is 214 Å². The standard InChI is InChI=1S/C27H39N3O6/c1-4-25(31)28-13-7-10-16-34-22-19-23(35-17-11-8-14-29-26(32)5-2)21-24(20-22)36-18-12-9-15-30-27(33)6-3/h4-6,19-21H,1-3,7-18H2,(H,28,31)(H,29,32)(H,30,33). The lowest BCUT2D eigenvalue weighted by Gasteiger charge is -2.14. The molecule has 0 aliphatic heterocycles. The third-order valence-corrected chi connectivity index (χ3v) is 4.83. The number of hydrogen-bond acceptors (Lipinski definition) is 6. The molecule has 0 unspecified atom stereocenters. The Morgan fingerprint density at radius 1 is 0.556 bits per heavy atom. The van der Waals surface area contributed by atoms with Gasteiger partial charge in [0.1, 0.15) is 17.2 Å². The van der Waals surface area contributed by atoms with Gasteiger partial charge in [0.05, 0.1) is 19.8 Å². The van der Waals surface area contributed by atoms with E-state index in [1.165, 1.54) is 18.2 Å². The molecule has 198 valence electrons. The maximum atomic E-state index is 11.2. The molecule has 1 rings (SSSR count). The number of ether oxygens (including phenoxy) is 3. The van der Waals surface area contributed by atoms with Gasteiger partial charge in [0.2, 0.25) is 17.7 Å². The lowest BCUT2D eigenvalue weighted by atomic mass is 10.2. The summed E-state index contributed by atoms with van der Waals surface area (Å²) >= 11 is 0. The van der Waals surface area contributed by atoms with Crippen LogP contribution in [0, 0.1) is 0 Å². The molecule has 3 amide bonds. The summed E-state index contributed by atoms with van der Waals surface area (Å²) in [5.74, 6) is 1.34. The molecule has 0 spiro atoms. The van der Waals surface area contributed by atoms with Gasteiger partial charge in [0.15, 0.2) is 0 Å². The zero-order valence-corrected chi connectivity index (χ0v) is 21.0. The summed E-state index contributed by atoms with van der Waals surface area (Å²) in [4.78, 5) is 33.6. The minimum absolute atomic E-state index is 0.186. The van der Waals surface area contributed by atoms with Crippen molar-refractivity contribution in [2.24, 2.45) is 0 Å². The largest absolute Gasteiger partial charge is 0.493 e. The Bertz CT molecular complexity index is 734. The van der Waals surface area contributed by atoms with Gasteiger partial charge in [-0.2, -0.15) is 0 Å². The third kappa shape index (κ3) is 15.2. The lowest BCUT2D eigenvalue weighted by Crippen LogP contribution is -2.22. The Morgan fingerprint density at radius 3 is 1.08 bits per heavy atom.